The second kappa shape index (κ2) is 9.48. The van der Waals surface area contributed by atoms with Crippen LogP contribution in [0.15, 0.2) is 24.3 Å². The zero-order valence-electron chi connectivity index (χ0n) is 13.7. The van der Waals surface area contributed by atoms with E-state index in [1.165, 1.54) is 25.3 Å². The molecule has 0 fully saturated rings. The van der Waals surface area contributed by atoms with Gasteiger partial charge < -0.3 is 20.5 Å². The number of rotatable bonds is 9. The molecule has 0 spiro atoms. The molecule has 1 aromatic carbocycles. The van der Waals surface area contributed by atoms with Crippen LogP contribution in [0.3, 0.4) is 0 Å². The van der Waals surface area contributed by atoms with E-state index in [0.717, 1.165) is 6.07 Å². The minimum Gasteiger partial charge on any atom is -0.488 e. The van der Waals surface area contributed by atoms with Gasteiger partial charge in [0.25, 0.3) is 0 Å². The lowest BCUT2D eigenvalue weighted by Crippen LogP contribution is -2.38. The minimum absolute atomic E-state index is 0.0859. The van der Waals surface area contributed by atoms with Gasteiger partial charge in [0, 0.05) is 13.7 Å². The molecular formula is C16H23F3N2O3. The Hall–Kier alpha value is -1.80. The topological polar surface area (TPSA) is 73.6 Å². The van der Waals surface area contributed by atoms with E-state index < -0.39 is 23.9 Å². The summed E-state index contributed by atoms with van der Waals surface area (Å²) < 4.78 is 49.3. The molecule has 0 saturated heterocycles. The van der Waals surface area contributed by atoms with Crippen molar-refractivity contribution in [3.8, 4) is 5.75 Å². The Morgan fingerprint density at radius 3 is 2.50 bits per heavy atom. The van der Waals surface area contributed by atoms with E-state index in [-0.39, 0.29) is 31.2 Å². The number of nitrogens with two attached hydrogens (primary N) is 1. The van der Waals surface area contributed by atoms with Gasteiger partial charge in [-0.05, 0) is 18.6 Å². The molecule has 5 nitrogen and oxygen atoms in total. The summed E-state index contributed by atoms with van der Waals surface area (Å²) >= 11 is 0. The number of nitrogens with one attached hydrogen (secondary N) is 1. The molecule has 136 valence electrons. The molecule has 0 aliphatic rings. The van der Waals surface area contributed by atoms with Gasteiger partial charge in [-0.1, -0.05) is 19.1 Å². The molecule has 3 N–H and O–H groups in total. The highest BCUT2D eigenvalue weighted by molar-refractivity contribution is 5.76. The SMILES string of the molecule is CCC(CNC(=O)CC(CN)OC)Oc1ccccc1C(F)(F)F. The molecule has 0 saturated carbocycles. The first-order valence-corrected chi connectivity index (χ1v) is 7.64. The first-order chi connectivity index (χ1) is 11.3. The van der Waals surface area contributed by atoms with E-state index in [9.17, 15) is 18.0 Å². The fourth-order valence-electron chi connectivity index (χ4n) is 2.02. The second-order valence-corrected chi connectivity index (χ2v) is 5.24. The van der Waals surface area contributed by atoms with Gasteiger partial charge in [-0.2, -0.15) is 13.2 Å². The van der Waals surface area contributed by atoms with E-state index in [0.29, 0.717) is 6.42 Å². The maximum absolute atomic E-state index is 13.0. The van der Waals surface area contributed by atoms with Gasteiger partial charge in [0.2, 0.25) is 5.91 Å². The van der Waals surface area contributed by atoms with Crippen molar-refractivity contribution in [3.05, 3.63) is 29.8 Å². The van der Waals surface area contributed by atoms with E-state index in [2.05, 4.69) is 5.32 Å². The Labute approximate surface area is 139 Å². The molecule has 1 rings (SSSR count). The Morgan fingerprint density at radius 2 is 1.96 bits per heavy atom. The van der Waals surface area contributed by atoms with Crippen molar-refractivity contribution in [2.24, 2.45) is 5.73 Å². The molecule has 24 heavy (non-hydrogen) atoms. The summed E-state index contributed by atoms with van der Waals surface area (Å²) in [5.74, 6) is -0.540. The van der Waals surface area contributed by atoms with Crippen LogP contribution >= 0.6 is 0 Å². The van der Waals surface area contributed by atoms with E-state index in [4.69, 9.17) is 15.2 Å². The predicted molar refractivity (Wildman–Crippen MR) is 83.6 cm³/mol. The van der Waals surface area contributed by atoms with Crippen LogP contribution in [0.4, 0.5) is 13.2 Å². The summed E-state index contributed by atoms with van der Waals surface area (Å²) in [5, 5.41) is 2.63. The number of ether oxygens (including phenoxy) is 2. The highest BCUT2D eigenvalue weighted by atomic mass is 19.4. The van der Waals surface area contributed by atoms with Crippen molar-refractivity contribution in [2.75, 3.05) is 20.2 Å². The quantitative estimate of drug-likeness (QED) is 0.718. The highest BCUT2D eigenvalue weighted by Crippen LogP contribution is 2.36. The number of methoxy groups -OCH3 is 1. The third kappa shape index (κ3) is 6.37. The molecule has 1 amide bonds. The number of halogens is 3. The summed E-state index contributed by atoms with van der Waals surface area (Å²) in [6, 6.07) is 5.00. The zero-order valence-corrected chi connectivity index (χ0v) is 13.7. The maximum Gasteiger partial charge on any atom is 0.419 e. The second-order valence-electron chi connectivity index (χ2n) is 5.24. The lowest BCUT2D eigenvalue weighted by Gasteiger charge is -2.21. The fraction of sp³-hybridized carbons (Fsp3) is 0.562. The number of hydrogen-bond acceptors (Lipinski definition) is 4. The number of para-hydroxylation sites is 1. The number of benzene rings is 1. The summed E-state index contributed by atoms with van der Waals surface area (Å²) in [5.41, 5.74) is 4.60. The number of hydrogen-bond donors (Lipinski definition) is 2. The van der Waals surface area contributed by atoms with Crippen molar-refractivity contribution >= 4 is 5.91 Å². The summed E-state index contributed by atoms with van der Waals surface area (Å²) in [6.45, 7) is 2.07. The number of alkyl halides is 3. The molecule has 0 aliphatic heterocycles. The van der Waals surface area contributed by atoms with Gasteiger partial charge >= 0.3 is 6.18 Å². The van der Waals surface area contributed by atoms with Crippen LogP contribution in [0.2, 0.25) is 0 Å². The van der Waals surface area contributed by atoms with Crippen molar-refractivity contribution in [2.45, 2.75) is 38.1 Å². The number of amides is 1. The van der Waals surface area contributed by atoms with Gasteiger partial charge in [0.1, 0.15) is 11.9 Å². The van der Waals surface area contributed by atoms with Gasteiger partial charge in [0.05, 0.1) is 24.6 Å². The molecule has 0 heterocycles. The Balaban J connectivity index is 2.65. The molecular weight excluding hydrogens is 325 g/mol. The average molecular weight is 348 g/mol. The zero-order chi connectivity index (χ0) is 18.2. The van der Waals surface area contributed by atoms with Gasteiger partial charge in [-0.25, -0.2) is 0 Å². The smallest absolute Gasteiger partial charge is 0.419 e. The first-order valence-electron chi connectivity index (χ1n) is 7.64. The van der Waals surface area contributed by atoms with Crippen molar-refractivity contribution in [1.29, 1.82) is 0 Å². The standard InChI is InChI=1S/C16H23F3N2O3/c1-3-11(10-21-15(22)8-12(9-20)23-2)24-14-7-5-4-6-13(14)16(17,18)19/h4-7,11-12H,3,8-10,20H2,1-2H3,(H,21,22). The Kier molecular flexibility index (Phi) is 8.00. The molecule has 0 radical (unpaired) electrons. The summed E-state index contributed by atoms with van der Waals surface area (Å²) in [7, 11) is 1.46. The molecule has 0 aromatic heterocycles. The van der Waals surface area contributed by atoms with Crippen LogP contribution in [0.1, 0.15) is 25.3 Å². The van der Waals surface area contributed by atoms with Crippen molar-refractivity contribution in [3.63, 3.8) is 0 Å². The normalized spacial score (nSPS) is 14.1. The van der Waals surface area contributed by atoms with Crippen LogP contribution in [-0.4, -0.2) is 38.3 Å². The van der Waals surface area contributed by atoms with Crippen LogP contribution in [0.25, 0.3) is 0 Å². The first kappa shape index (κ1) is 20.2. The van der Waals surface area contributed by atoms with E-state index >= 15 is 0 Å². The van der Waals surface area contributed by atoms with Crippen LogP contribution in [-0.2, 0) is 15.7 Å². The van der Waals surface area contributed by atoms with Crippen LogP contribution in [0.5, 0.6) is 5.75 Å². The lowest BCUT2D eigenvalue weighted by molar-refractivity contribution is -0.139. The van der Waals surface area contributed by atoms with Gasteiger partial charge in [0.15, 0.2) is 0 Å². The Bertz CT molecular complexity index is 520. The molecule has 2 unspecified atom stereocenters. The fourth-order valence-corrected chi connectivity index (χ4v) is 2.02. The molecule has 0 aliphatic carbocycles. The maximum atomic E-state index is 13.0. The van der Waals surface area contributed by atoms with Crippen molar-refractivity contribution in [1.82, 2.24) is 5.32 Å². The van der Waals surface area contributed by atoms with E-state index in [1.54, 1.807) is 6.92 Å². The summed E-state index contributed by atoms with van der Waals surface area (Å²) in [4.78, 5) is 11.8. The van der Waals surface area contributed by atoms with E-state index in [1.807, 2.05) is 0 Å². The molecule has 0 bridgehead atoms. The van der Waals surface area contributed by atoms with Gasteiger partial charge in [-0.15, -0.1) is 0 Å². The monoisotopic (exact) mass is 348 g/mol. The highest BCUT2D eigenvalue weighted by Gasteiger charge is 2.34. The largest absolute Gasteiger partial charge is 0.488 e. The summed E-state index contributed by atoms with van der Waals surface area (Å²) in [6.07, 6.45) is -4.93. The predicted octanol–water partition coefficient (Wildman–Crippen LogP) is 2.34. The third-order valence-corrected chi connectivity index (χ3v) is 3.48. The molecule has 2 atom stereocenters. The molecule has 8 heteroatoms. The van der Waals surface area contributed by atoms with Crippen LogP contribution < -0.4 is 15.8 Å². The lowest BCUT2D eigenvalue weighted by atomic mass is 10.2. The number of carbonyl (C=O) groups is 1. The Morgan fingerprint density at radius 1 is 1.29 bits per heavy atom. The molecule has 1 aromatic rings. The average Bonchev–Trinajstić information content (AvgIpc) is 2.55. The van der Waals surface area contributed by atoms with Crippen molar-refractivity contribution < 1.29 is 27.4 Å². The third-order valence-electron chi connectivity index (χ3n) is 3.48. The van der Waals surface area contributed by atoms with Crippen LogP contribution in [0, 0.1) is 0 Å². The number of carbonyl (C=O) groups excluding carboxylic acids is 1. The van der Waals surface area contributed by atoms with Gasteiger partial charge in [-0.3, -0.25) is 4.79 Å². The minimum atomic E-state index is -4.50.